The molecule has 1 unspecified atom stereocenters. The summed E-state index contributed by atoms with van der Waals surface area (Å²) >= 11 is 0. The number of nitrogens with zero attached hydrogens (tertiary/aromatic N) is 2. The van der Waals surface area contributed by atoms with E-state index in [1.54, 1.807) is 0 Å². The Morgan fingerprint density at radius 3 is 2.67 bits per heavy atom. The molecule has 8 nitrogen and oxygen atoms in total. The molecule has 5 amide bonds. The number of amides is 5. The van der Waals surface area contributed by atoms with Gasteiger partial charge in [-0.25, -0.2) is 9.69 Å². The zero-order valence-electron chi connectivity index (χ0n) is 11.6. The van der Waals surface area contributed by atoms with Crippen molar-refractivity contribution in [2.24, 2.45) is 0 Å². The van der Waals surface area contributed by atoms with Crippen LogP contribution in [0.25, 0.3) is 0 Å². The molecule has 2 aliphatic heterocycles. The second-order valence-corrected chi connectivity index (χ2v) is 4.99. The van der Waals surface area contributed by atoms with Crippen molar-refractivity contribution in [1.29, 1.82) is 0 Å². The van der Waals surface area contributed by atoms with Crippen molar-refractivity contribution in [3.63, 3.8) is 0 Å². The van der Waals surface area contributed by atoms with Gasteiger partial charge in [-0.3, -0.25) is 19.3 Å². The minimum Gasteiger partial charge on any atom is -0.351 e. The number of nitrogens with one attached hydrogen (secondary N) is 2. The molecule has 21 heavy (non-hydrogen) atoms. The Hall–Kier alpha value is -2.22. The second-order valence-electron chi connectivity index (χ2n) is 4.99. The van der Waals surface area contributed by atoms with Crippen molar-refractivity contribution in [2.45, 2.75) is 18.9 Å². The van der Waals surface area contributed by atoms with Gasteiger partial charge in [-0.1, -0.05) is 6.08 Å². The lowest BCUT2D eigenvalue weighted by Crippen LogP contribution is -2.49. The van der Waals surface area contributed by atoms with Gasteiger partial charge in [-0.05, 0) is 19.4 Å². The van der Waals surface area contributed by atoms with Crippen LogP contribution >= 0.6 is 0 Å². The maximum atomic E-state index is 11.9. The number of rotatable bonds is 5. The van der Waals surface area contributed by atoms with Crippen LogP contribution in [0.4, 0.5) is 4.79 Å². The van der Waals surface area contributed by atoms with Crippen molar-refractivity contribution in [1.82, 2.24) is 20.4 Å². The zero-order valence-corrected chi connectivity index (χ0v) is 11.6. The third-order valence-corrected chi connectivity index (χ3v) is 3.41. The number of carbonyl (C=O) groups is 4. The van der Waals surface area contributed by atoms with E-state index in [2.05, 4.69) is 17.2 Å². The summed E-state index contributed by atoms with van der Waals surface area (Å²) in [6.07, 6.45) is 3.15. The molecule has 8 heteroatoms. The Labute approximate surface area is 122 Å². The van der Waals surface area contributed by atoms with Gasteiger partial charge in [0.25, 0.3) is 0 Å². The Morgan fingerprint density at radius 2 is 2.05 bits per heavy atom. The maximum absolute atomic E-state index is 11.9. The van der Waals surface area contributed by atoms with E-state index in [1.165, 1.54) is 6.08 Å². The summed E-state index contributed by atoms with van der Waals surface area (Å²) < 4.78 is 0. The Balaban J connectivity index is 1.93. The van der Waals surface area contributed by atoms with Crippen LogP contribution in [-0.4, -0.2) is 65.8 Å². The van der Waals surface area contributed by atoms with Crippen molar-refractivity contribution in [2.75, 3.05) is 26.2 Å². The summed E-state index contributed by atoms with van der Waals surface area (Å²) in [5.74, 6) is -2.34. The van der Waals surface area contributed by atoms with E-state index in [1.807, 2.05) is 0 Å². The molecule has 2 rings (SSSR count). The van der Waals surface area contributed by atoms with Crippen LogP contribution in [0.5, 0.6) is 0 Å². The Kier molecular flexibility index (Phi) is 4.69. The number of carbonyl (C=O) groups excluding carboxylic acids is 4. The maximum Gasteiger partial charge on any atom is 0.335 e. The second kappa shape index (κ2) is 6.49. The van der Waals surface area contributed by atoms with Gasteiger partial charge in [0.05, 0.1) is 0 Å². The molecule has 0 spiro atoms. The smallest absolute Gasteiger partial charge is 0.335 e. The number of urea groups is 1. The highest BCUT2D eigenvalue weighted by atomic mass is 16.2. The van der Waals surface area contributed by atoms with Crippen LogP contribution in [0.2, 0.25) is 0 Å². The Morgan fingerprint density at radius 1 is 1.33 bits per heavy atom. The molecule has 0 aromatic heterocycles. The van der Waals surface area contributed by atoms with Gasteiger partial charge in [-0.15, -0.1) is 6.58 Å². The molecular formula is C13H18N4O4. The molecular weight excluding hydrogens is 276 g/mol. The molecule has 2 heterocycles. The van der Waals surface area contributed by atoms with Gasteiger partial charge in [0.1, 0.15) is 6.54 Å². The first-order valence-corrected chi connectivity index (χ1v) is 6.83. The van der Waals surface area contributed by atoms with E-state index < -0.39 is 30.3 Å². The molecule has 0 bridgehead atoms. The summed E-state index contributed by atoms with van der Waals surface area (Å²) in [5, 5.41) is 5.90. The minimum absolute atomic E-state index is 0.0148. The minimum atomic E-state index is -0.973. The van der Waals surface area contributed by atoms with Crippen LogP contribution in [0.3, 0.4) is 0 Å². The summed E-state index contributed by atoms with van der Waals surface area (Å²) in [6.45, 7) is 4.51. The Bertz CT molecular complexity index is 485. The standard InChI is InChI=1S/C13H18N4O4/c1-2-6-16-11(19)12(20)17(13(16)21)8-10(18)15-9-4-3-5-14-7-9/h2,9,14H,1,3-8H2,(H,15,18). The highest BCUT2D eigenvalue weighted by Crippen LogP contribution is 2.11. The molecule has 2 N–H and O–H groups in total. The molecule has 0 radical (unpaired) electrons. The van der Waals surface area contributed by atoms with Gasteiger partial charge in [0, 0.05) is 19.1 Å². The fourth-order valence-electron chi connectivity index (χ4n) is 2.37. The lowest BCUT2D eigenvalue weighted by atomic mass is 10.1. The average molecular weight is 294 g/mol. The van der Waals surface area contributed by atoms with Crippen LogP contribution in [0.15, 0.2) is 12.7 Å². The summed E-state index contributed by atoms with van der Waals surface area (Å²) in [6, 6.07) is -0.791. The molecule has 2 saturated heterocycles. The number of imide groups is 2. The lowest BCUT2D eigenvalue weighted by Gasteiger charge is -2.24. The van der Waals surface area contributed by atoms with Crippen LogP contribution in [0.1, 0.15) is 12.8 Å². The molecule has 1 atom stereocenters. The van der Waals surface area contributed by atoms with E-state index in [0.29, 0.717) is 11.4 Å². The predicted octanol–water partition coefficient (Wildman–Crippen LogP) is -1.17. The fourth-order valence-corrected chi connectivity index (χ4v) is 2.37. The van der Waals surface area contributed by atoms with Crippen LogP contribution in [0, 0.1) is 0 Å². The van der Waals surface area contributed by atoms with Gasteiger partial charge >= 0.3 is 17.8 Å². The van der Waals surface area contributed by atoms with Gasteiger partial charge in [0.2, 0.25) is 5.91 Å². The molecule has 0 aromatic rings. The third-order valence-electron chi connectivity index (χ3n) is 3.41. The van der Waals surface area contributed by atoms with Gasteiger partial charge in [-0.2, -0.15) is 0 Å². The van der Waals surface area contributed by atoms with E-state index in [9.17, 15) is 19.2 Å². The molecule has 0 aliphatic carbocycles. The first-order chi connectivity index (χ1) is 10.0. The van der Waals surface area contributed by atoms with Crippen molar-refractivity contribution >= 4 is 23.8 Å². The highest BCUT2D eigenvalue weighted by Gasteiger charge is 2.44. The molecule has 2 aliphatic rings. The first kappa shape index (κ1) is 15.2. The summed E-state index contributed by atoms with van der Waals surface area (Å²) in [5.41, 5.74) is 0. The molecule has 114 valence electrons. The summed E-state index contributed by atoms with van der Waals surface area (Å²) in [4.78, 5) is 48.6. The number of piperidine rings is 1. The zero-order chi connectivity index (χ0) is 15.4. The largest absolute Gasteiger partial charge is 0.351 e. The van der Waals surface area contributed by atoms with E-state index in [0.717, 1.165) is 24.3 Å². The first-order valence-electron chi connectivity index (χ1n) is 6.83. The van der Waals surface area contributed by atoms with Crippen molar-refractivity contribution < 1.29 is 19.2 Å². The van der Waals surface area contributed by atoms with Crippen molar-refractivity contribution in [3.05, 3.63) is 12.7 Å². The fraction of sp³-hybridized carbons (Fsp3) is 0.538. The predicted molar refractivity (Wildman–Crippen MR) is 73.1 cm³/mol. The van der Waals surface area contributed by atoms with E-state index in [-0.39, 0.29) is 12.6 Å². The van der Waals surface area contributed by atoms with Gasteiger partial charge in [0.15, 0.2) is 0 Å². The topological polar surface area (TPSA) is 98.8 Å². The normalized spacial score (nSPS) is 22.7. The third kappa shape index (κ3) is 3.27. The molecule has 2 fully saturated rings. The van der Waals surface area contributed by atoms with Crippen LogP contribution < -0.4 is 10.6 Å². The monoisotopic (exact) mass is 294 g/mol. The van der Waals surface area contributed by atoms with E-state index in [4.69, 9.17) is 0 Å². The quantitative estimate of drug-likeness (QED) is 0.378. The van der Waals surface area contributed by atoms with E-state index >= 15 is 0 Å². The molecule has 0 saturated carbocycles. The van der Waals surface area contributed by atoms with Gasteiger partial charge < -0.3 is 10.6 Å². The van der Waals surface area contributed by atoms with Crippen molar-refractivity contribution in [3.8, 4) is 0 Å². The average Bonchev–Trinajstić information content (AvgIpc) is 2.66. The molecule has 0 aromatic carbocycles. The SMILES string of the molecule is C=CCN1C(=O)C(=O)N(CC(=O)NC2CCCNC2)C1=O. The lowest BCUT2D eigenvalue weighted by molar-refractivity contribution is -0.143. The highest BCUT2D eigenvalue weighted by molar-refractivity contribution is 6.45. The number of hydrogen-bond donors (Lipinski definition) is 2. The summed E-state index contributed by atoms with van der Waals surface area (Å²) in [7, 11) is 0. The van der Waals surface area contributed by atoms with Crippen LogP contribution in [-0.2, 0) is 14.4 Å². The number of hydrogen-bond acceptors (Lipinski definition) is 5.